The molecule has 0 radical (unpaired) electrons. The van der Waals surface area contributed by atoms with Crippen LogP contribution in [0.3, 0.4) is 0 Å². The molecule has 21 heavy (non-hydrogen) atoms. The molecule has 0 saturated heterocycles. The van der Waals surface area contributed by atoms with Gasteiger partial charge in [0.05, 0.1) is 10.5 Å². The number of non-ortho nitro benzene ring substituents is 1. The fourth-order valence-corrected chi connectivity index (χ4v) is 1.91. The van der Waals surface area contributed by atoms with Gasteiger partial charge in [0.15, 0.2) is 0 Å². The van der Waals surface area contributed by atoms with Gasteiger partial charge in [0.2, 0.25) is 0 Å². The van der Waals surface area contributed by atoms with Crippen LogP contribution in [0.15, 0.2) is 24.4 Å². The molecule has 0 atom stereocenters. The lowest BCUT2D eigenvalue weighted by molar-refractivity contribution is -0.384. The summed E-state index contributed by atoms with van der Waals surface area (Å²) in [7, 11) is 0. The quantitative estimate of drug-likeness (QED) is 0.380. The van der Waals surface area contributed by atoms with E-state index in [1.807, 2.05) is 13.8 Å². The first-order valence-electron chi connectivity index (χ1n) is 6.48. The molecule has 0 aliphatic heterocycles. The van der Waals surface area contributed by atoms with E-state index in [2.05, 4.69) is 10.3 Å². The topological polar surface area (TPSA) is 105 Å². The van der Waals surface area contributed by atoms with E-state index in [0.717, 1.165) is 0 Å². The van der Waals surface area contributed by atoms with Crippen molar-refractivity contribution in [2.75, 3.05) is 6.54 Å². The molecule has 1 heterocycles. The SMILES string of the molecule is CC(C)CNC(=O)C(=O)c1c[nH]c2ccc([N+](=O)[O-])cc12. The Morgan fingerprint density at radius 2 is 2.10 bits per heavy atom. The molecule has 0 spiro atoms. The van der Waals surface area contributed by atoms with Crippen molar-refractivity contribution in [3.05, 3.63) is 40.1 Å². The molecule has 2 rings (SSSR count). The summed E-state index contributed by atoms with van der Waals surface area (Å²) in [6.07, 6.45) is 1.39. The number of nitrogens with zero attached hydrogens (tertiary/aromatic N) is 1. The van der Waals surface area contributed by atoms with Crippen LogP contribution < -0.4 is 5.32 Å². The van der Waals surface area contributed by atoms with E-state index in [4.69, 9.17) is 0 Å². The van der Waals surface area contributed by atoms with Crippen molar-refractivity contribution in [1.82, 2.24) is 10.3 Å². The van der Waals surface area contributed by atoms with E-state index in [-0.39, 0.29) is 17.2 Å². The third-order valence-electron chi connectivity index (χ3n) is 3.00. The fraction of sp³-hybridized carbons (Fsp3) is 0.286. The number of carbonyl (C=O) groups is 2. The van der Waals surface area contributed by atoms with Crippen LogP contribution in [0.1, 0.15) is 24.2 Å². The third kappa shape index (κ3) is 3.07. The van der Waals surface area contributed by atoms with Crippen LogP contribution >= 0.6 is 0 Å². The van der Waals surface area contributed by atoms with Crippen molar-refractivity contribution < 1.29 is 14.5 Å². The minimum atomic E-state index is -0.712. The minimum Gasteiger partial charge on any atom is -0.360 e. The summed E-state index contributed by atoms with van der Waals surface area (Å²) in [5.74, 6) is -1.19. The summed E-state index contributed by atoms with van der Waals surface area (Å²) in [6.45, 7) is 4.23. The van der Waals surface area contributed by atoms with Gasteiger partial charge >= 0.3 is 0 Å². The van der Waals surface area contributed by atoms with E-state index in [1.165, 1.54) is 24.4 Å². The molecule has 0 fully saturated rings. The maximum atomic E-state index is 12.1. The number of Topliss-reactive ketones (excluding diaryl/α,β-unsaturated/α-hetero) is 1. The second-order valence-electron chi connectivity index (χ2n) is 5.12. The molecule has 2 N–H and O–H groups in total. The van der Waals surface area contributed by atoms with Crippen LogP contribution in [0.2, 0.25) is 0 Å². The highest BCUT2D eigenvalue weighted by atomic mass is 16.6. The summed E-state index contributed by atoms with van der Waals surface area (Å²) >= 11 is 0. The number of nitro groups is 1. The van der Waals surface area contributed by atoms with Crippen LogP contribution in [-0.4, -0.2) is 28.1 Å². The number of aromatic nitrogens is 1. The summed E-state index contributed by atoms with van der Waals surface area (Å²) in [5, 5.41) is 13.7. The normalized spacial score (nSPS) is 10.8. The first-order valence-corrected chi connectivity index (χ1v) is 6.48. The lowest BCUT2D eigenvalue weighted by Crippen LogP contribution is -2.33. The Kier molecular flexibility index (Phi) is 4.02. The number of benzene rings is 1. The highest BCUT2D eigenvalue weighted by Gasteiger charge is 2.21. The summed E-state index contributed by atoms with van der Waals surface area (Å²) < 4.78 is 0. The number of nitrogens with one attached hydrogen (secondary N) is 2. The smallest absolute Gasteiger partial charge is 0.292 e. The molecule has 0 saturated carbocycles. The minimum absolute atomic E-state index is 0.126. The van der Waals surface area contributed by atoms with Gasteiger partial charge in [0, 0.05) is 35.8 Å². The maximum Gasteiger partial charge on any atom is 0.292 e. The van der Waals surface area contributed by atoms with Crippen LogP contribution in [0.4, 0.5) is 5.69 Å². The molecule has 2 aromatic rings. The van der Waals surface area contributed by atoms with Crippen molar-refractivity contribution >= 4 is 28.3 Å². The summed E-state index contributed by atoms with van der Waals surface area (Å²) in [4.78, 5) is 37.0. The maximum absolute atomic E-state index is 12.1. The average molecular weight is 289 g/mol. The Balaban J connectivity index is 2.33. The number of fused-ring (bicyclic) bond motifs is 1. The largest absolute Gasteiger partial charge is 0.360 e. The van der Waals surface area contributed by atoms with E-state index in [9.17, 15) is 19.7 Å². The summed E-state index contributed by atoms with van der Waals surface area (Å²) in [5.41, 5.74) is 0.578. The highest BCUT2D eigenvalue weighted by molar-refractivity contribution is 6.45. The molecular weight excluding hydrogens is 274 g/mol. The molecule has 7 nitrogen and oxygen atoms in total. The zero-order chi connectivity index (χ0) is 15.6. The Morgan fingerprint density at radius 3 is 2.71 bits per heavy atom. The molecule has 7 heteroatoms. The predicted octanol–water partition coefficient (Wildman–Crippen LogP) is 2.03. The third-order valence-corrected chi connectivity index (χ3v) is 3.00. The van der Waals surface area contributed by atoms with Gasteiger partial charge in [-0.25, -0.2) is 0 Å². The van der Waals surface area contributed by atoms with Crippen molar-refractivity contribution in [2.45, 2.75) is 13.8 Å². The van der Waals surface area contributed by atoms with Crippen LogP contribution in [0.5, 0.6) is 0 Å². The van der Waals surface area contributed by atoms with Crippen molar-refractivity contribution in [2.24, 2.45) is 5.92 Å². The van der Waals surface area contributed by atoms with E-state index in [0.29, 0.717) is 17.4 Å². The van der Waals surface area contributed by atoms with Crippen LogP contribution in [-0.2, 0) is 4.79 Å². The number of hydrogen-bond donors (Lipinski definition) is 2. The van der Waals surface area contributed by atoms with Gasteiger partial charge in [-0.15, -0.1) is 0 Å². The molecular formula is C14H15N3O4. The standard InChI is InChI=1S/C14H15N3O4/c1-8(2)6-16-14(19)13(18)11-7-15-12-4-3-9(17(20)21)5-10(11)12/h3-5,7-8,15H,6H2,1-2H3,(H,16,19). The first kappa shape index (κ1) is 14.7. The van der Waals surface area contributed by atoms with Crippen molar-refractivity contribution in [1.29, 1.82) is 0 Å². The Labute approximate surface area is 120 Å². The van der Waals surface area contributed by atoms with Gasteiger partial charge in [0.1, 0.15) is 0 Å². The molecule has 0 aliphatic rings. The van der Waals surface area contributed by atoms with E-state index < -0.39 is 16.6 Å². The van der Waals surface area contributed by atoms with E-state index >= 15 is 0 Å². The molecule has 0 aliphatic carbocycles. The lowest BCUT2D eigenvalue weighted by Gasteiger charge is -2.06. The highest BCUT2D eigenvalue weighted by Crippen LogP contribution is 2.24. The van der Waals surface area contributed by atoms with Crippen molar-refractivity contribution in [3.8, 4) is 0 Å². The molecule has 110 valence electrons. The number of rotatable bonds is 5. The first-order chi connectivity index (χ1) is 9.90. The zero-order valence-electron chi connectivity index (χ0n) is 11.7. The fourth-order valence-electron chi connectivity index (χ4n) is 1.91. The Hall–Kier alpha value is -2.70. The van der Waals surface area contributed by atoms with E-state index in [1.54, 1.807) is 0 Å². The Bertz CT molecular complexity index is 718. The van der Waals surface area contributed by atoms with Gasteiger partial charge in [0.25, 0.3) is 17.4 Å². The second kappa shape index (κ2) is 5.74. The zero-order valence-corrected chi connectivity index (χ0v) is 11.7. The number of ketones is 1. The molecule has 1 amide bonds. The summed E-state index contributed by atoms with van der Waals surface area (Å²) in [6, 6.07) is 4.14. The number of aromatic amines is 1. The molecule has 1 aromatic carbocycles. The van der Waals surface area contributed by atoms with Gasteiger partial charge in [-0.05, 0) is 12.0 Å². The monoisotopic (exact) mass is 289 g/mol. The Morgan fingerprint density at radius 1 is 1.38 bits per heavy atom. The van der Waals surface area contributed by atoms with Gasteiger partial charge < -0.3 is 10.3 Å². The molecule has 1 aromatic heterocycles. The number of nitro benzene ring substituents is 1. The number of carbonyl (C=O) groups excluding carboxylic acids is 2. The average Bonchev–Trinajstić information content (AvgIpc) is 2.86. The van der Waals surface area contributed by atoms with Gasteiger partial charge in [-0.1, -0.05) is 13.8 Å². The number of amides is 1. The number of H-pyrrole nitrogens is 1. The second-order valence-corrected chi connectivity index (χ2v) is 5.12. The van der Waals surface area contributed by atoms with Crippen LogP contribution in [0, 0.1) is 16.0 Å². The molecule has 0 unspecified atom stereocenters. The predicted molar refractivity (Wildman–Crippen MR) is 77.1 cm³/mol. The van der Waals surface area contributed by atoms with Gasteiger partial charge in [-0.2, -0.15) is 0 Å². The lowest BCUT2D eigenvalue weighted by atomic mass is 10.1. The number of hydrogen-bond acceptors (Lipinski definition) is 4. The van der Waals surface area contributed by atoms with Gasteiger partial charge in [-0.3, -0.25) is 19.7 Å². The van der Waals surface area contributed by atoms with Crippen LogP contribution in [0.25, 0.3) is 10.9 Å². The molecule has 0 bridgehead atoms. The van der Waals surface area contributed by atoms with Crippen molar-refractivity contribution in [3.63, 3.8) is 0 Å².